The second-order valence-corrected chi connectivity index (χ2v) is 5.34. The number of phenolic OH excluding ortho intramolecular Hbond substituents is 1. The predicted molar refractivity (Wildman–Crippen MR) is 79.3 cm³/mol. The molecule has 0 fully saturated rings. The van der Waals surface area contributed by atoms with E-state index in [-0.39, 0.29) is 12.1 Å². The maximum Gasteiger partial charge on any atom is 0.120 e. The zero-order chi connectivity index (χ0) is 14.4. The first-order chi connectivity index (χ1) is 8.99. The fourth-order valence-corrected chi connectivity index (χ4v) is 2.43. The van der Waals surface area contributed by atoms with E-state index in [2.05, 4.69) is 19.2 Å². The van der Waals surface area contributed by atoms with Gasteiger partial charge in [0.05, 0.1) is 6.10 Å². The lowest BCUT2D eigenvalue weighted by molar-refractivity contribution is 0.0988. The Morgan fingerprint density at radius 3 is 2.37 bits per heavy atom. The molecule has 0 bridgehead atoms. The van der Waals surface area contributed by atoms with Gasteiger partial charge in [0.2, 0.25) is 0 Å². The third kappa shape index (κ3) is 4.51. The molecule has 3 heteroatoms. The molecule has 1 aromatic rings. The van der Waals surface area contributed by atoms with Gasteiger partial charge in [0.25, 0.3) is 0 Å². The van der Waals surface area contributed by atoms with E-state index in [0.29, 0.717) is 18.2 Å². The maximum absolute atomic E-state index is 10.1. The van der Waals surface area contributed by atoms with Crippen molar-refractivity contribution < 1.29 is 10.2 Å². The fourth-order valence-electron chi connectivity index (χ4n) is 2.43. The molecule has 0 saturated heterocycles. The van der Waals surface area contributed by atoms with E-state index >= 15 is 0 Å². The number of benzene rings is 1. The van der Waals surface area contributed by atoms with Gasteiger partial charge in [0.1, 0.15) is 5.75 Å². The van der Waals surface area contributed by atoms with Crippen molar-refractivity contribution in [2.75, 3.05) is 6.54 Å². The van der Waals surface area contributed by atoms with Crippen LogP contribution in [-0.2, 0) is 0 Å². The standard InChI is InChI=1S/C16H27NO2/c1-5-13(6-2)16(19)10-17-12(4)14-8-7-11(3)9-15(14)18/h7-9,12-13,16-19H,5-6,10H2,1-4H3. The van der Waals surface area contributed by atoms with Crippen LogP contribution < -0.4 is 5.32 Å². The number of hydrogen-bond donors (Lipinski definition) is 3. The number of aromatic hydroxyl groups is 1. The molecule has 0 amide bonds. The Labute approximate surface area is 116 Å². The Hall–Kier alpha value is -1.06. The first-order valence-electron chi connectivity index (χ1n) is 7.20. The smallest absolute Gasteiger partial charge is 0.120 e. The summed E-state index contributed by atoms with van der Waals surface area (Å²) in [5.41, 5.74) is 1.92. The van der Waals surface area contributed by atoms with Gasteiger partial charge < -0.3 is 15.5 Å². The second-order valence-electron chi connectivity index (χ2n) is 5.34. The topological polar surface area (TPSA) is 52.5 Å². The molecule has 1 rings (SSSR count). The summed E-state index contributed by atoms with van der Waals surface area (Å²) < 4.78 is 0. The van der Waals surface area contributed by atoms with Crippen molar-refractivity contribution in [1.82, 2.24) is 5.32 Å². The molecule has 19 heavy (non-hydrogen) atoms. The molecule has 108 valence electrons. The van der Waals surface area contributed by atoms with Crippen LogP contribution in [0.5, 0.6) is 5.75 Å². The Morgan fingerprint density at radius 1 is 1.21 bits per heavy atom. The van der Waals surface area contributed by atoms with Gasteiger partial charge in [0, 0.05) is 18.2 Å². The lowest BCUT2D eigenvalue weighted by Crippen LogP contribution is -2.34. The molecular weight excluding hydrogens is 238 g/mol. The van der Waals surface area contributed by atoms with Gasteiger partial charge in [-0.25, -0.2) is 0 Å². The molecule has 2 atom stereocenters. The number of nitrogens with one attached hydrogen (secondary N) is 1. The van der Waals surface area contributed by atoms with Crippen molar-refractivity contribution in [2.24, 2.45) is 5.92 Å². The van der Waals surface area contributed by atoms with E-state index in [1.165, 1.54) is 0 Å². The molecule has 3 N–H and O–H groups in total. The molecule has 0 aromatic heterocycles. The average Bonchev–Trinajstić information content (AvgIpc) is 2.37. The first kappa shape index (κ1) is 16.0. The molecule has 0 spiro atoms. The summed E-state index contributed by atoms with van der Waals surface area (Å²) in [6.45, 7) is 8.72. The molecule has 0 radical (unpaired) electrons. The van der Waals surface area contributed by atoms with Crippen LogP contribution in [0.3, 0.4) is 0 Å². The molecular formula is C16H27NO2. The van der Waals surface area contributed by atoms with Gasteiger partial charge in [-0.15, -0.1) is 0 Å². The van der Waals surface area contributed by atoms with Gasteiger partial charge in [-0.2, -0.15) is 0 Å². The van der Waals surface area contributed by atoms with Crippen LogP contribution in [0.4, 0.5) is 0 Å². The van der Waals surface area contributed by atoms with Crippen molar-refractivity contribution in [2.45, 2.75) is 52.7 Å². The summed E-state index contributed by atoms with van der Waals surface area (Å²) in [5.74, 6) is 0.656. The van der Waals surface area contributed by atoms with Crippen LogP contribution in [0.1, 0.15) is 50.8 Å². The van der Waals surface area contributed by atoms with Crippen molar-refractivity contribution in [1.29, 1.82) is 0 Å². The van der Waals surface area contributed by atoms with Crippen LogP contribution in [0.25, 0.3) is 0 Å². The van der Waals surface area contributed by atoms with E-state index in [9.17, 15) is 10.2 Å². The summed E-state index contributed by atoms with van der Waals surface area (Å²) in [4.78, 5) is 0. The van der Waals surface area contributed by atoms with Crippen molar-refractivity contribution in [3.8, 4) is 5.75 Å². The molecule has 0 aliphatic carbocycles. The highest BCUT2D eigenvalue weighted by atomic mass is 16.3. The fraction of sp³-hybridized carbons (Fsp3) is 0.625. The highest BCUT2D eigenvalue weighted by Crippen LogP contribution is 2.25. The molecule has 3 nitrogen and oxygen atoms in total. The van der Waals surface area contributed by atoms with Crippen LogP contribution in [0.15, 0.2) is 18.2 Å². The van der Waals surface area contributed by atoms with Gasteiger partial charge >= 0.3 is 0 Å². The number of hydrogen-bond acceptors (Lipinski definition) is 3. The Balaban J connectivity index is 2.57. The SMILES string of the molecule is CCC(CC)C(O)CNC(C)c1ccc(C)cc1O. The minimum Gasteiger partial charge on any atom is -0.508 e. The summed E-state index contributed by atoms with van der Waals surface area (Å²) in [6, 6.07) is 5.73. The maximum atomic E-state index is 10.1. The van der Waals surface area contributed by atoms with Gasteiger partial charge in [-0.3, -0.25) is 0 Å². The summed E-state index contributed by atoms with van der Waals surface area (Å²) in [7, 11) is 0. The van der Waals surface area contributed by atoms with E-state index in [1.54, 1.807) is 6.07 Å². The zero-order valence-electron chi connectivity index (χ0n) is 12.5. The van der Waals surface area contributed by atoms with E-state index in [1.807, 2.05) is 26.0 Å². The number of rotatable bonds is 7. The Kier molecular flexibility index (Phi) is 6.32. The first-order valence-corrected chi connectivity index (χ1v) is 7.20. The zero-order valence-corrected chi connectivity index (χ0v) is 12.5. The van der Waals surface area contributed by atoms with Gasteiger partial charge in [-0.1, -0.05) is 38.8 Å². The Morgan fingerprint density at radius 2 is 1.84 bits per heavy atom. The third-order valence-corrected chi connectivity index (χ3v) is 3.88. The van der Waals surface area contributed by atoms with Crippen LogP contribution in [0, 0.1) is 12.8 Å². The summed E-state index contributed by atoms with van der Waals surface area (Å²) in [6.07, 6.45) is 1.65. The molecule has 0 saturated carbocycles. The molecule has 0 aliphatic rings. The summed E-state index contributed by atoms with van der Waals surface area (Å²) >= 11 is 0. The van der Waals surface area contributed by atoms with Crippen LogP contribution >= 0.6 is 0 Å². The number of phenols is 1. The molecule has 1 aromatic carbocycles. The number of aryl methyl sites for hydroxylation is 1. The van der Waals surface area contributed by atoms with Gasteiger partial charge in [0.15, 0.2) is 0 Å². The molecule has 0 aliphatic heterocycles. The van der Waals surface area contributed by atoms with E-state index in [4.69, 9.17) is 0 Å². The van der Waals surface area contributed by atoms with Crippen molar-refractivity contribution >= 4 is 0 Å². The minimum atomic E-state index is -0.329. The van der Waals surface area contributed by atoms with Crippen LogP contribution in [0.2, 0.25) is 0 Å². The molecule has 0 heterocycles. The summed E-state index contributed by atoms with van der Waals surface area (Å²) in [5, 5.41) is 23.3. The average molecular weight is 265 g/mol. The van der Waals surface area contributed by atoms with E-state index in [0.717, 1.165) is 24.0 Å². The van der Waals surface area contributed by atoms with Crippen molar-refractivity contribution in [3.63, 3.8) is 0 Å². The van der Waals surface area contributed by atoms with Crippen LogP contribution in [-0.4, -0.2) is 22.9 Å². The normalized spacial score (nSPS) is 14.6. The number of aliphatic hydroxyl groups is 1. The lowest BCUT2D eigenvalue weighted by atomic mass is 9.96. The second kappa shape index (κ2) is 7.51. The highest BCUT2D eigenvalue weighted by molar-refractivity contribution is 5.37. The van der Waals surface area contributed by atoms with E-state index < -0.39 is 0 Å². The monoisotopic (exact) mass is 265 g/mol. The minimum absolute atomic E-state index is 0.0320. The largest absolute Gasteiger partial charge is 0.508 e. The lowest BCUT2D eigenvalue weighted by Gasteiger charge is -2.23. The highest BCUT2D eigenvalue weighted by Gasteiger charge is 2.17. The quantitative estimate of drug-likeness (QED) is 0.710. The Bertz CT molecular complexity index is 388. The third-order valence-electron chi connectivity index (χ3n) is 3.88. The van der Waals surface area contributed by atoms with Gasteiger partial charge in [-0.05, 0) is 31.4 Å². The number of aliphatic hydroxyl groups excluding tert-OH is 1. The predicted octanol–water partition coefficient (Wildman–Crippen LogP) is 3.15. The molecule has 2 unspecified atom stereocenters. The van der Waals surface area contributed by atoms with Crippen molar-refractivity contribution in [3.05, 3.63) is 29.3 Å².